The third-order valence-electron chi connectivity index (χ3n) is 2.46. The molecule has 1 heterocycles. The number of nitrogens with one attached hydrogen (secondary N) is 2. The average molecular weight is 268 g/mol. The van der Waals surface area contributed by atoms with Crippen LogP contribution in [0.5, 0.6) is 0 Å². The Hall–Kier alpha value is -1.88. The molecule has 0 aliphatic rings. The summed E-state index contributed by atoms with van der Waals surface area (Å²) in [7, 11) is 0. The summed E-state index contributed by atoms with van der Waals surface area (Å²) in [5.74, 6) is -0.359. The van der Waals surface area contributed by atoms with Crippen LogP contribution in [0, 0.1) is 5.82 Å². The maximum absolute atomic E-state index is 13.2. The number of nitrogens with zero attached hydrogens (tertiary/aromatic N) is 1. The molecule has 0 saturated heterocycles. The van der Waals surface area contributed by atoms with E-state index in [1.807, 2.05) is 0 Å². The summed E-state index contributed by atoms with van der Waals surface area (Å²) in [6.07, 6.45) is 3.26. The largest absolute Gasteiger partial charge is 0.347 e. The first-order valence-corrected chi connectivity index (χ1v) is 5.71. The summed E-state index contributed by atoms with van der Waals surface area (Å²) in [5, 5.41) is 2.69. The maximum atomic E-state index is 13.2. The minimum atomic E-state index is -0.616. The number of rotatable bonds is 3. The summed E-state index contributed by atoms with van der Waals surface area (Å²) in [6, 6.07) is 3.64. The van der Waals surface area contributed by atoms with Gasteiger partial charge in [-0.1, -0.05) is 11.6 Å². The fraction of sp³-hybridized carbons (Fsp3) is 0.167. The van der Waals surface area contributed by atoms with Crippen molar-refractivity contribution in [2.75, 3.05) is 0 Å². The van der Waals surface area contributed by atoms with Crippen molar-refractivity contribution in [3.63, 3.8) is 0 Å². The Morgan fingerprint density at radius 3 is 2.94 bits per heavy atom. The lowest BCUT2D eigenvalue weighted by atomic mass is 10.2. The molecule has 2 aromatic rings. The first-order chi connectivity index (χ1) is 8.58. The van der Waals surface area contributed by atoms with Crippen LogP contribution in [0.1, 0.15) is 29.1 Å². The molecule has 0 bridgehead atoms. The second-order valence-electron chi connectivity index (χ2n) is 3.80. The molecule has 0 aliphatic carbocycles. The standard InChI is InChI=1S/C12H11ClFN3O/c1-7(11-15-4-5-16-11)17-12(18)8-2-3-9(13)10(14)6-8/h2-7H,1H3,(H,15,16)(H,17,18). The van der Waals surface area contributed by atoms with E-state index >= 15 is 0 Å². The van der Waals surface area contributed by atoms with Crippen LogP contribution in [-0.4, -0.2) is 15.9 Å². The highest BCUT2D eigenvalue weighted by Gasteiger charge is 2.14. The van der Waals surface area contributed by atoms with Crippen LogP contribution in [0.25, 0.3) is 0 Å². The smallest absolute Gasteiger partial charge is 0.251 e. The van der Waals surface area contributed by atoms with E-state index in [1.54, 1.807) is 19.3 Å². The van der Waals surface area contributed by atoms with Crippen LogP contribution in [0.3, 0.4) is 0 Å². The monoisotopic (exact) mass is 267 g/mol. The van der Waals surface area contributed by atoms with Crippen molar-refractivity contribution in [3.05, 3.63) is 52.8 Å². The van der Waals surface area contributed by atoms with Crippen LogP contribution in [-0.2, 0) is 0 Å². The van der Waals surface area contributed by atoms with E-state index in [2.05, 4.69) is 15.3 Å². The zero-order valence-electron chi connectivity index (χ0n) is 9.58. The van der Waals surface area contributed by atoms with E-state index < -0.39 is 5.82 Å². The minimum absolute atomic E-state index is 0.00867. The maximum Gasteiger partial charge on any atom is 0.251 e. The number of hydrogen-bond donors (Lipinski definition) is 2. The quantitative estimate of drug-likeness (QED) is 0.898. The van der Waals surface area contributed by atoms with E-state index in [-0.39, 0.29) is 22.5 Å². The van der Waals surface area contributed by atoms with Gasteiger partial charge in [-0.3, -0.25) is 4.79 Å². The van der Waals surface area contributed by atoms with Gasteiger partial charge in [0.05, 0.1) is 11.1 Å². The zero-order valence-corrected chi connectivity index (χ0v) is 10.3. The number of benzene rings is 1. The highest BCUT2D eigenvalue weighted by atomic mass is 35.5. The predicted molar refractivity (Wildman–Crippen MR) is 65.9 cm³/mol. The Morgan fingerprint density at radius 2 is 2.33 bits per heavy atom. The van der Waals surface area contributed by atoms with Crippen molar-refractivity contribution < 1.29 is 9.18 Å². The molecule has 2 N–H and O–H groups in total. The molecule has 94 valence electrons. The molecule has 1 atom stereocenters. The normalized spacial score (nSPS) is 12.2. The molecule has 1 unspecified atom stereocenters. The average Bonchev–Trinajstić information content (AvgIpc) is 2.86. The topological polar surface area (TPSA) is 57.8 Å². The number of hydrogen-bond acceptors (Lipinski definition) is 2. The van der Waals surface area contributed by atoms with Crippen molar-refractivity contribution >= 4 is 17.5 Å². The molecule has 0 saturated carbocycles. The first-order valence-electron chi connectivity index (χ1n) is 5.33. The van der Waals surface area contributed by atoms with Gasteiger partial charge in [0.25, 0.3) is 5.91 Å². The molecular weight excluding hydrogens is 257 g/mol. The van der Waals surface area contributed by atoms with Crippen LogP contribution in [0.4, 0.5) is 4.39 Å². The van der Waals surface area contributed by atoms with Gasteiger partial charge in [-0.25, -0.2) is 9.37 Å². The van der Waals surface area contributed by atoms with Gasteiger partial charge in [0.2, 0.25) is 0 Å². The van der Waals surface area contributed by atoms with Crippen LogP contribution < -0.4 is 5.32 Å². The Kier molecular flexibility index (Phi) is 3.62. The highest BCUT2D eigenvalue weighted by Crippen LogP contribution is 2.16. The molecule has 0 aliphatic heterocycles. The van der Waals surface area contributed by atoms with Crippen molar-refractivity contribution in [1.29, 1.82) is 0 Å². The van der Waals surface area contributed by atoms with Crippen molar-refractivity contribution in [2.45, 2.75) is 13.0 Å². The lowest BCUT2D eigenvalue weighted by molar-refractivity contribution is 0.0938. The molecule has 4 nitrogen and oxygen atoms in total. The third-order valence-corrected chi connectivity index (χ3v) is 2.77. The summed E-state index contributed by atoms with van der Waals surface area (Å²) >= 11 is 5.55. The summed E-state index contributed by atoms with van der Waals surface area (Å²) in [5.41, 5.74) is 0.218. The van der Waals surface area contributed by atoms with Crippen LogP contribution in [0.15, 0.2) is 30.6 Å². The van der Waals surface area contributed by atoms with E-state index in [0.717, 1.165) is 6.07 Å². The molecule has 1 aromatic carbocycles. The number of H-pyrrole nitrogens is 1. The van der Waals surface area contributed by atoms with Crippen molar-refractivity contribution in [1.82, 2.24) is 15.3 Å². The molecule has 1 amide bonds. The van der Waals surface area contributed by atoms with Gasteiger partial charge in [-0.2, -0.15) is 0 Å². The first kappa shape index (κ1) is 12.6. The van der Waals surface area contributed by atoms with Gasteiger partial charge in [0, 0.05) is 18.0 Å². The van der Waals surface area contributed by atoms with Gasteiger partial charge >= 0.3 is 0 Å². The highest BCUT2D eigenvalue weighted by molar-refractivity contribution is 6.30. The molecule has 18 heavy (non-hydrogen) atoms. The Labute approximate surface area is 108 Å². The second kappa shape index (κ2) is 5.18. The van der Waals surface area contributed by atoms with Gasteiger partial charge in [-0.15, -0.1) is 0 Å². The number of carbonyl (C=O) groups excluding carboxylic acids is 1. The van der Waals surface area contributed by atoms with Gasteiger partial charge in [-0.05, 0) is 25.1 Å². The Bertz CT molecular complexity index is 556. The number of imidazole rings is 1. The SMILES string of the molecule is CC(NC(=O)c1ccc(Cl)c(F)c1)c1ncc[nH]1. The van der Waals surface area contributed by atoms with E-state index in [9.17, 15) is 9.18 Å². The molecule has 0 fully saturated rings. The van der Waals surface area contributed by atoms with Crippen molar-refractivity contribution in [2.24, 2.45) is 0 Å². The lowest BCUT2D eigenvalue weighted by Gasteiger charge is -2.11. The number of halogens is 2. The van der Waals surface area contributed by atoms with E-state index in [4.69, 9.17) is 11.6 Å². The summed E-state index contributed by atoms with van der Waals surface area (Å²) in [4.78, 5) is 18.8. The molecule has 6 heteroatoms. The van der Waals surface area contributed by atoms with Gasteiger partial charge in [0.15, 0.2) is 0 Å². The van der Waals surface area contributed by atoms with Crippen LogP contribution >= 0.6 is 11.6 Å². The van der Waals surface area contributed by atoms with Crippen LogP contribution in [0.2, 0.25) is 5.02 Å². The fourth-order valence-corrected chi connectivity index (χ4v) is 1.62. The number of aromatic nitrogens is 2. The Morgan fingerprint density at radius 1 is 1.56 bits per heavy atom. The number of aromatic amines is 1. The lowest BCUT2D eigenvalue weighted by Crippen LogP contribution is -2.27. The molecule has 0 spiro atoms. The van der Waals surface area contributed by atoms with E-state index in [1.165, 1.54) is 12.1 Å². The van der Waals surface area contributed by atoms with Gasteiger partial charge < -0.3 is 10.3 Å². The zero-order chi connectivity index (χ0) is 13.1. The van der Waals surface area contributed by atoms with E-state index in [0.29, 0.717) is 5.82 Å². The predicted octanol–water partition coefficient (Wildman–Crippen LogP) is 2.69. The number of carbonyl (C=O) groups is 1. The second-order valence-corrected chi connectivity index (χ2v) is 4.21. The Balaban J connectivity index is 2.10. The summed E-state index contributed by atoms with van der Waals surface area (Å²) in [6.45, 7) is 1.78. The fourth-order valence-electron chi connectivity index (χ4n) is 1.50. The molecule has 2 rings (SSSR count). The summed E-state index contributed by atoms with van der Waals surface area (Å²) < 4.78 is 13.2. The molecular formula is C12H11ClFN3O. The molecule has 1 aromatic heterocycles. The third kappa shape index (κ3) is 2.68. The minimum Gasteiger partial charge on any atom is -0.347 e. The molecule has 0 radical (unpaired) electrons. The number of amides is 1. The van der Waals surface area contributed by atoms with Gasteiger partial charge in [0.1, 0.15) is 11.6 Å². The van der Waals surface area contributed by atoms with Crippen molar-refractivity contribution in [3.8, 4) is 0 Å².